The summed E-state index contributed by atoms with van der Waals surface area (Å²) in [6.45, 7) is 8.73. The molecule has 1 aliphatic rings. The van der Waals surface area contributed by atoms with Crippen molar-refractivity contribution in [3.63, 3.8) is 0 Å². The Bertz CT molecular complexity index is 811. The normalized spacial score (nSPS) is 15.5. The van der Waals surface area contributed by atoms with Crippen LogP contribution in [0.2, 0.25) is 0 Å². The Morgan fingerprint density at radius 2 is 2.00 bits per heavy atom. The molecule has 0 saturated heterocycles. The molecule has 2 aromatic rings. The van der Waals surface area contributed by atoms with E-state index >= 15 is 0 Å². The van der Waals surface area contributed by atoms with E-state index in [1.54, 1.807) is 10.9 Å². The van der Waals surface area contributed by atoms with Crippen molar-refractivity contribution in [3.05, 3.63) is 57.3 Å². The third kappa shape index (κ3) is 4.31. The number of aliphatic hydroxyl groups is 1. The summed E-state index contributed by atoms with van der Waals surface area (Å²) in [6, 6.07) is 6.03. The molecule has 0 amide bonds. The lowest BCUT2D eigenvalue weighted by Crippen LogP contribution is -2.41. The molecular weight excluding hydrogens is 330 g/mol. The number of benzene rings is 1. The van der Waals surface area contributed by atoms with Gasteiger partial charge in [0.2, 0.25) is 0 Å². The fraction of sp³-hybridized carbons (Fsp3) is 0.500. The SMILES string of the molecule is CCn1cnc2c(c1=O)CCN(CC(O)COc1cc(C)cc(C)c1)C2. The van der Waals surface area contributed by atoms with Crippen LogP contribution in [0.5, 0.6) is 5.75 Å². The first-order valence-electron chi connectivity index (χ1n) is 9.15. The zero-order chi connectivity index (χ0) is 18.7. The van der Waals surface area contributed by atoms with Crippen molar-refractivity contribution in [2.75, 3.05) is 19.7 Å². The molecule has 1 aliphatic heterocycles. The number of hydrogen-bond acceptors (Lipinski definition) is 5. The van der Waals surface area contributed by atoms with Crippen molar-refractivity contribution in [1.82, 2.24) is 14.5 Å². The van der Waals surface area contributed by atoms with Crippen LogP contribution in [0.15, 0.2) is 29.3 Å². The molecule has 6 heteroatoms. The van der Waals surface area contributed by atoms with Gasteiger partial charge in [-0.2, -0.15) is 0 Å². The zero-order valence-corrected chi connectivity index (χ0v) is 15.7. The van der Waals surface area contributed by atoms with Crippen LogP contribution in [0.4, 0.5) is 0 Å². The highest BCUT2D eigenvalue weighted by Gasteiger charge is 2.22. The molecule has 0 fully saturated rings. The number of β-amino-alcohol motifs (C(OH)–C–C–N with tert-alkyl or cyclic N) is 1. The van der Waals surface area contributed by atoms with E-state index in [1.165, 1.54) is 0 Å². The molecule has 0 spiro atoms. The van der Waals surface area contributed by atoms with E-state index < -0.39 is 6.10 Å². The molecule has 0 aliphatic carbocycles. The van der Waals surface area contributed by atoms with Crippen molar-refractivity contribution in [2.45, 2.75) is 46.4 Å². The maximum atomic E-state index is 12.3. The van der Waals surface area contributed by atoms with E-state index in [2.05, 4.69) is 16.0 Å². The number of nitrogens with zero attached hydrogens (tertiary/aromatic N) is 3. The number of aryl methyl sites for hydroxylation is 3. The average Bonchev–Trinajstić information content (AvgIpc) is 2.59. The highest BCUT2D eigenvalue weighted by Crippen LogP contribution is 2.17. The van der Waals surface area contributed by atoms with Crippen LogP contribution in [0.3, 0.4) is 0 Å². The standard InChI is InChI=1S/C20H27N3O3/c1-4-23-13-21-19-11-22(6-5-18(19)20(23)25)10-16(24)12-26-17-8-14(2)7-15(3)9-17/h7-9,13,16,24H,4-6,10-12H2,1-3H3. The summed E-state index contributed by atoms with van der Waals surface area (Å²) >= 11 is 0. The van der Waals surface area contributed by atoms with Gasteiger partial charge < -0.3 is 9.84 Å². The van der Waals surface area contributed by atoms with Gasteiger partial charge in [0.05, 0.1) is 12.0 Å². The summed E-state index contributed by atoms with van der Waals surface area (Å²) in [5, 5.41) is 10.3. The number of fused-ring (bicyclic) bond motifs is 1. The van der Waals surface area contributed by atoms with Crippen molar-refractivity contribution < 1.29 is 9.84 Å². The maximum Gasteiger partial charge on any atom is 0.256 e. The molecule has 26 heavy (non-hydrogen) atoms. The van der Waals surface area contributed by atoms with Gasteiger partial charge in [-0.3, -0.25) is 14.3 Å². The minimum Gasteiger partial charge on any atom is -0.491 e. The minimum absolute atomic E-state index is 0.0656. The Kier molecular flexibility index (Phi) is 5.74. The molecule has 1 N–H and O–H groups in total. The van der Waals surface area contributed by atoms with E-state index in [4.69, 9.17) is 4.74 Å². The molecule has 140 valence electrons. The van der Waals surface area contributed by atoms with Crippen molar-refractivity contribution in [1.29, 1.82) is 0 Å². The quantitative estimate of drug-likeness (QED) is 0.852. The van der Waals surface area contributed by atoms with Gasteiger partial charge >= 0.3 is 0 Å². The second-order valence-electron chi connectivity index (χ2n) is 7.03. The van der Waals surface area contributed by atoms with Crippen LogP contribution in [0.1, 0.15) is 29.3 Å². The summed E-state index contributed by atoms with van der Waals surface area (Å²) < 4.78 is 7.38. The molecule has 1 aromatic carbocycles. The molecule has 0 radical (unpaired) electrons. The number of aromatic nitrogens is 2. The molecule has 1 aromatic heterocycles. The van der Waals surface area contributed by atoms with E-state index in [0.717, 1.165) is 34.7 Å². The molecule has 2 heterocycles. The van der Waals surface area contributed by atoms with Gasteiger partial charge in [-0.15, -0.1) is 0 Å². The number of ether oxygens (including phenoxy) is 1. The molecule has 1 atom stereocenters. The van der Waals surface area contributed by atoms with Gasteiger partial charge in [0.25, 0.3) is 5.56 Å². The van der Waals surface area contributed by atoms with Crippen LogP contribution in [-0.2, 0) is 19.5 Å². The third-order valence-electron chi connectivity index (χ3n) is 4.72. The zero-order valence-electron chi connectivity index (χ0n) is 15.7. The van der Waals surface area contributed by atoms with Crippen LogP contribution in [-0.4, -0.2) is 45.4 Å². The minimum atomic E-state index is -0.589. The summed E-state index contributed by atoms with van der Waals surface area (Å²) in [6.07, 6.45) is 1.70. The van der Waals surface area contributed by atoms with Gasteiger partial charge in [0.15, 0.2) is 0 Å². The first-order chi connectivity index (χ1) is 12.5. The highest BCUT2D eigenvalue weighted by molar-refractivity contribution is 5.33. The number of hydrogen-bond donors (Lipinski definition) is 1. The van der Waals surface area contributed by atoms with Gasteiger partial charge in [0, 0.05) is 31.7 Å². The second-order valence-corrected chi connectivity index (χ2v) is 7.03. The lowest BCUT2D eigenvalue weighted by Gasteiger charge is -2.29. The molecule has 6 nitrogen and oxygen atoms in total. The first-order valence-corrected chi connectivity index (χ1v) is 9.15. The van der Waals surface area contributed by atoms with Crippen molar-refractivity contribution >= 4 is 0 Å². The summed E-state index contributed by atoms with van der Waals surface area (Å²) in [4.78, 5) is 18.9. The first kappa shape index (κ1) is 18.6. The van der Waals surface area contributed by atoms with Gasteiger partial charge in [-0.05, 0) is 50.5 Å². The lowest BCUT2D eigenvalue weighted by molar-refractivity contribution is 0.0630. The highest BCUT2D eigenvalue weighted by atomic mass is 16.5. The Morgan fingerprint density at radius 1 is 1.27 bits per heavy atom. The molecule has 3 rings (SSSR count). The predicted octanol–water partition coefficient (Wildman–Crippen LogP) is 1.68. The fourth-order valence-electron chi connectivity index (χ4n) is 3.46. The maximum absolute atomic E-state index is 12.3. The summed E-state index contributed by atoms with van der Waals surface area (Å²) in [5.41, 5.74) is 3.99. The second kappa shape index (κ2) is 8.01. The molecule has 0 bridgehead atoms. The van der Waals surface area contributed by atoms with E-state index in [1.807, 2.05) is 32.9 Å². The Balaban J connectivity index is 1.56. The van der Waals surface area contributed by atoms with Gasteiger partial charge in [-0.1, -0.05) is 6.07 Å². The summed E-state index contributed by atoms with van der Waals surface area (Å²) in [7, 11) is 0. The average molecular weight is 357 g/mol. The van der Waals surface area contributed by atoms with Crippen molar-refractivity contribution in [2.24, 2.45) is 0 Å². The van der Waals surface area contributed by atoms with Crippen LogP contribution in [0, 0.1) is 13.8 Å². The van der Waals surface area contributed by atoms with E-state index in [-0.39, 0.29) is 12.2 Å². The number of aliphatic hydroxyl groups excluding tert-OH is 1. The molecule has 0 saturated carbocycles. The Hall–Kier alpha value is -2.18. The monoisotopic (exact) mass is 357 g/mol. The Morgan fingerprint density at radius 3 is 2.69 bits per heavy atom. The molecular formula is C20H27N3O3. The smallest absolute Gasteiger partial charge is 0.256 e. The largest absolute Gasteiger partial charge is 0.491 e. The topological polar surface area (TPSA) is 67.6 Å². The lowest BCUT2D eigenvalue weighted by atomic mass is 10.1. The van der Waals surface area contributed by atoms with Crippen molar-refractivity contribution in [3.8, 4) is 5.75 Å². The predicted molar refractivity (Wildman–Crippen MR) is 101 cm³/mol. The third-order valence-corrected chi connectivity index (χ3v) is 4.72. The fourth-order valence-corrected chi connectivity index (χ4v) is 3.46. The molecule has 1 unspecified atom stereocenters. The van der Waals surface area contributed by atoms with Gasteiger partial charge in [0.1, 0.15) is 18.5 Å². The number of rotatable bonds is 6. The van der Waals surface area contributed by atoms with Gasteiger partial charge in [-0.25, -0.2) is 4.98 Å². The van der Waals surface area contributed by atoms with E-state index in [9.17, 15) is 9.90 Å². The van der Waals surface area contributed by atoms with Crippen LogP contribution < -0.4 is 10.3 Å². The van der Waals surface area contributed by atoms with Crippen LogP contribution in [0.25, 0.3) is 0 Å². The van der Waals surface area contributed by atoms with E-state index in [0.29, 0.717) is 26.1 Å². The van der Waals surface area contributed by atoms with Crippen LogP contribution >= 0.6 is 0 Å². The Labute approximate surface area is 154 Å². The summed E-state index contributed by atoms with van der Waals surface area (Å²) in [5.74, 6) is 0.785.